The summed E-state index contributed by atoms with van der Waals surface area (Å²) in [6, 6.07) is 0. The first-order valence-corrected chi connectivity index (χ1v) is 4.30. The van der Waals surface area contributed by atoms with Gasteiger partial charge in [-0.15, -0.1) is 0 Å². The van der Waals surface area contributed by atoms with Crippen LogP contribution in [0.5, 0.6) is 0 Å². The van der Waals surface area contributed by atoms with Crippen molar-refractivity contribution in [2.45, 2.75) is 25.9 Å². The van der Waals surface area contributed by atoms with E-state index in [0.717, 1.165) is 12.8 Å². The van der Waals surface area contributed by atoms with E-state index in [2.05, 4.69) is 6.92 Å². The highest BCUT2D eigenvalue weighted by Crippen LogP contribution is 2.24. The molecule has 1 N–H and O–H groups in total. The van der Waals surface area contributed by atoms with E-state index in [1.54, 1.807) is 13.4 Å². The summed E-state index contributed by atoms with van der Waals surface area (Å²) in [6.45, 7) is 2.15. The second-order valence-corrected chi connectivity index (χ2v) is 3.39. The molecule has 0 saturated heterocycles. The van der Waals surface area contributed by atoms with E-state index in [4.69, 9.17) is 4.74 Å². The minimum atomic E-state index is -0.273. The van der Waals surface area contributed by atoms with Gasteiger partial charge in [0.05, 0.1) is 19.5 Å². The molecule has 0 saturated carbocycles. The Kier molecular flexibility index (Phi) is 3.35. The Hall–Kier alpha value is -0.760. The second kappa shape index (κ2) is 4.31. The molecular formula is C10H16O2. The summed E-state index contributed by atoms with van der Waals surface area (Å²) >= 11 is 0. The normalized spacial score (nSPS) is 30.4. The number of aliphatic hydroxyl groups is 1. The lowest BCUT2D eigenvalue weighted by Crippen LogP contribution is -2.15. The van der Waals surface area contributed by atoms with Crippen molar-refractivity contribution in [2.24, 2.45) is 5.92 Å². The fourth-order valence-corrected chi connectivity index (χ4v) is 1.56. The first-order chi connectivity index (χ1) is 5.72. The molecule has 1 aliphatic carbocycles. The van der Waals surface area contributed by atoms with Gasteiger partial charge in [-0.3, -0.25) is 0 Å². The summed E-state index contributed by atoms with van der Waals surface area (Å²) in [5.74, 6) is 0.571. The number of hydrogen-bond donors (Lipinski definition) is 1. The molecule has 0 aromatic heterocycles. The van der Waals surface area contributed by atoms with Gasteiger partial charge in [-0.05, 0) is 30.4 Å². The van der Waals surface area contributed by atoms with E-state index >= 15 is 0 Å². The van der Waals surface area contributed by atoms with Gasteiger partial charge in [0.25, 0.3) is 0 Å². The molecule has 0 bridgehead atoms. The zero-order valence-corrected chi connectivity index (χ0v) is 7.66. The molecule has 1 aliphatic rings. The summed E-state index contributed by atoms with van der Waals surface area (Å²) in [5.41, 5.74) is 1.17. The molecule has 0 radical (unpaired) electrons. The fraction of sp³-hybridized carbons (Fsp3) is 0.600. The van der Waals surface area contributed by atoms with Gasteiger partial charge < -0.3 is 9.84 Å². The number of rotatable bonds is 2. The molecule has 0 aromatic rings. The zero-order chi connectivity index (χ0) is 8.97. The summed E-state index contributed by atoms with van der Waals surface area (Å²) in [4.78, 5) is 0. The summed E-state index contributed by atoms with van der Waals surface area (Å²) < 4.78 is 4.81. The molecule has 0 unspecified atom stereocenters. The highest BCUT2D eigenvalue weighted by Gasteiger charge is 2.15. The SMILES string of the molecule is CO/C=C/C1=C[C@@H](O)C[C@@H](C)C1. The molecule has 1 rings (SSSR count). The van der Waals surface area contributed by atoms with Crippen LogP contribution in [-0.2, 0) is 4.74 Å². The molecule has 0 heterocycles. The summed E-state index contributed by atoms with van der Waals surface area (Å²) in [7, 11) is 1.62. The van der Waals surface area contributed by atoms with E-state index < -0.39 is 0 Å². The number of methoxy groups -OCH3 is 1. The number of aliphatic hydroxyl groups excluding tert-OH is 1. The van der Waals surface area contributed by atoms with Gasteiger partial charge in [-0.2, -0.15) is 0 Å². The molecule has 2 heteroatoms. The predicted octanol–water partition coefficient (Wildman–Crippen LogP) is 1.86. The zero-order valence-electron chi connectivity index (χ0n) is 7.66. The van der Waals surface area contributed by atoms with Gasteiger partial charge in [0, 0.05) is 0 Å². The Bertz CT molecular complexity index is 194. The Balaban J connectivity index is 2.57. The Morgan fingerprint density at radius 1 is 1.67 bits per heavy atom. The van der Waals surface area contributed by atoms with Gasteiger partial charge in [-0.1, -0.05) is 13.0 Å². The van der Waals surface area contributed by atoms with Crippen molar-refractivity contribution in [3.05, 3.63) is 24.0 Å². The maximum Gasteiger partial charge on any atom is 0.0827 e. The van der Waals surface area contributed by atoms with Crippen molar-refractivity contribution in [2.75, 3.05) is 7.11 Å². The van der Waals surface area contributed by atoms with Crippen LogP contribution in [0.25, 0.3) is 0 Å². The maximum atomic E-state index is 9.40. The third-order valence-electron chi connectivity index (χ3n) is 2.05. The summed E-state index contributed by atoms with van der Waals surface area (Å²) in [5, 5.41) is 9.40. The van der Waals surface area contributed by atoms with E-state index in [-0.39, 0.29) is 6.10 Å². The largest absolute Gasteiger partial charge is 0.504 e. The molecule has 2 nitrogen and oxygen atoms in total. The van der Waals surface area contributed by atoms with Crippen LogP contribution in [0, 0.1) is 5.92 Å². The first-order valence-electron chi connectivity index (χ1n) is 4.30. The molecular weight excluding hydrogens is 152 g/mol. The minimum absolute atomic E-state index is 0.273. The van der Waals surface area contributed by atoms with Gasteiger partial charge in [0.1, 0.15) is 0 Å². The van der Waals surface area contributed by atoms with Crippen molar-refractivity contribution in [3.63, 3.8) is 0 Å². The lowest BCUT2D eigenvalue weighted by molar-refractivity contribution is 0.181. The number of allylic oxidation sites excluding steroid dienone is 2. The van der Waals surface area contributed by atoms with Gasteiger partial charge in [0.15, 0.2) is 0 Å². The Morgan fingerprint density at radius 2 is 2.42 bits per heavy atom. The quantitative estimate of drug-likeness (QED) is 0.638. The molecule has 0 amide bonds. The molecule has 2 atom stereocenters. The maximum absolute atomic E-state index is 9.40. The Morgan fingerprint density at radius 3 is 3.00 bits per heavy atom. The average Bonchev–Trinajstić information content (AvgIpc) is 1.99. The smallest absolute Gasteiger partial charge is 0.0827 e. The lowest BCUT2D eigenvalue weighted by atomic mass is 9.89. The predicted molar refractivity (Wildman–Crippen MR) is 48.6 cm³/mol. The molecule has 0 aromatic carbocycles. The fourth-order valence-electron chi connectivity index (χ4n) is 1.56. The van der Waals surface area contributed by atoms with E-state index in [0.29, 0.717) is 5.92 Å². The van der Waals surface area contributed by atoms with Crippen LogP contribution >= 0.6 is 0 Å². The van der Waals surface area contributed by atoms with Crippen molar-refractivity contribution in [3.8, 4) is 0 Å². The van der Waals surface area contributed by atoms with Crippen LogP contribution in [0.3, 0.4) is 0 Å². The van der Waals surface area contributed by atoms with Crippen LogP contribution in [0.1, 0.15) is 19.8 Å². The van der Waals surface area contributed by atoms with Crippen LogP contribution in [-0.4, -0.2) is 18.3 Å². The van der Waals surface area contributed by atoms with Gasteiger partial charge in [0.2, 0.25) is 0 Å². The van der Waals surface area contributed by atoms with Crippen LogP contribution in [0.15, 0.2) is 24.0 Å². The lowest BCUT2D eigenvalue weighted by Gasteiger charge is -2.20. The molecule has 12 heavy (non-hydrogen) atoms. The minimum Gasteiger partial charge on any atom is -0.504 e. The molecule has 0 fully saturated rings. The van der Waals surface area contributed by atoms with Crippen LogP contribution in [0.2, 0.25) is 0 Å². The van der Waals surface area contributed by atoms with Crippen molar-refractivity contribution in [1.29, 1.82) is 0 Å². The molecule has 0 aliphatic heterocycles. The first kappa shape index (κ1) is 9.33. The third-order valence-corrected chi connectivity index (χ3v) is 2.05. The highest BCUT2D eigenvalue weighted by atomic mass is 16.5. The van der Waals surface area contributed by atoms with E-state index in [1.807, 2.05) is 12.2 Å². The standard InChI is InChI=1S/C10H16O2/c1-8-5-9(3-4-12-2)7-10(11)6-8/h3-4,7-8,10-11H,5-6H2,1-2H3/b4-3+/t8-,10-/m0/s1. The van der Waals surface area contributed by atoms with Crippen LogP contribution in [0.4, 0.5) is 0 Å². The number of ether oxygens (including phenoxy) is 1. The van der Waals surface area contributed by atoms with Crippen molar-refractivity contribution >= 4 is 0 Å². The average molecular weight is 168 g/mol. The van der Waals surface area contributed by atoms with Crippen LogP contribution < -0.4 is 0 Å². The van der Waals surface area contributed by atoms with Gasteiger partial charge >= 0.3 is 0 Å². The van der Waals surface area contributed by atoms with Crippen molar-refractivity contribution < 1.29 is 9.84 Å². The summed E-state index contributed by atoms with van der Waals surface area (Å²) in [6.07, 6.45) is 7.11. The number of hydrogen-bond acceptors (Lipinski definition) is 2. The van der Waals surface area contributed by atoms with E-state index in [9.17, 15) is 5.11 Å². The second-order valence-electron chi connectivity index (χ2n) is 3.39. The molecule has 68 valence electrons. The van der Waals surface area contributed by atoms with Crippen molar-refractivity contribution in [1.82, 2.24) is 0 Å². The molecule has 0 spiro atoms. The topological polar surface area (TPSA) is 29.5 Å². The highest BCUT2D eigenvalue weighted by molar-refractivity contribution is 5.21. The monoisotopic (exact) mass is 168 g/mol. The third kappa shape index (κ3) is 2.70. The van der Waals surface area contributed by atoms with E-state index in [1.165, 1.54) is 5.57 Å². The van der Waals surface area contributed by atoms with Gasteiger partial charge in [-0.25, -0.2) is 0 Å². The Labute approximate surface area is 73.5 Å².